The van der Waals surface area contributed by atoms with Crippen LogP contribution in [0.15, 0.2) is 54.7 Å². The van der Waals surface area contributed by atoms with Gasteiger partial charge in [-0.25, -0.2) is 13.8 Å². The predicted octanol–water partition coefficient (Wildman–Crippen LogP) is 4.04. The van der Waals surface area contributed by atoms with Crippen LogP contribution in [0, 0.1) is 11.6 Å². The van der Waals surface area contributed by atoms with Gasteiger partial charge in [-0.3, -0.25) is 14.4 Å². The van der Waals surface area contributed by atoms with Gasteiger partial charge in [-0.05, 0) is 56.6 Å². The Bertz CT molecular complexity index is 1250. The minimum absolute atomic E-state index is 0.130. The van der Waals surface area contributed by atoms with Crippen molar-refractivity contribution in [2.75, 3.05) is 43.2 Å². The Morgan fingerprint density at radius 3 is 2.17 bits per heavy atom. The van der Waals surface area contributed by atoms with Crippen molar-refractivity contribution in [3.63, 3.8) is 0 Å². The molecule has 182 valence electrons. The molecule has 0 saturated heterocycles. The summed E-state index contributed by atoms with van der Waals surface area (Å²) in [6, 6.07) is 10.4. The van der Waals surface area contributed by atoms with Gasteiger partial charge in [-0.15, -0.1) is 0 Å². The van der Waals surface area contributed by atoms with E-state index in [1.54, 1.807) is 38.2 Å². The Kier molecular flexibility index (Phi) is 8.10. The summed E-state index contributed by atoms with van der Waals surface area (Å²) < 4.78 is 27.8. The number of carbonyl (C=O) groups is 3. The van der Waals surface area contributed by atoms with E-state index in [1.165, 1.54) is 35.4 Å². The van der Waals surface area contributed by atoms with Crippen LogP contribution in [-0.2, 0) is 4.79 Å². The number of anilines is 3. The van der Waals surface area contributed by atoms with Crippen molar-refractivity contribution in [3.05, 3.63) is 82.5 Å². The quantitative estimate of drug-likeness (QED) is 0.509. The molecule has 0 atom stereocenters. The summed E-state index contributed by atoms with van der Waals surface area (Å²) in [7, 11) is 5.17. The molecule has 2 N–H and O–H groups in total. The summed E-state index contributed by atoms with van der Waals surface area (Å²) in [5.74, 6) is -3.98. The number of halogens is 3. The van der Waals surface area contributed by atoms with Gasteiger partial charge in [-0.1, -0.05) is 11.6 Å². The van der Waals surface area contributed by atoms with E-state index in [1.807, 2.05) is 0 Å². The summed E-state index contributed by atoms with van der Waals surface area (Å²) in [4.78, 5) is 44.8. The van der Waals surface area contributed by atoms with Crippen LogP contribution in [0.25, 0.3) is 0 Å². The lowest BCUT2D eigenvalue weighted by atomic mass is 10.1. The zero-order valence-electron chi connectivity index (χ0n) is 19.1. The number of aromatic nitrogens is 1. The number of carbonyl (C=O) groups excluding carboxylic acids is 3. The highest BCUT2D eigenvalue weighted by Gasteiger charge is 2.20. The maximum atomic E-state index is 13.9. The molecular weight excluding hydrogens is 480 g/mol. The molecule has 2 aromatic carbocycles. The summed E-state index contributed by atoms with van der Waals surface area (Å²) in [5.41, 5.74) is 0.205. The molecule has 35 heavy (non-hydrogen) atoms. The van der Waals surface area contributed by atoms with Gasteiger partial charge < -0.3 is 20.4 Å². The van der Waals surface area contributed by atoms with Crippen LogP contribution in [-0.4, -0.2) is 55.3 Å². The average Bonchev–Trinajstić information content (AvgIpc) is 2.81. The molecule has 1 aromatic heterocycles. The lowest BCUT2D eigenvalue weighted by Crippen LogP contribution is -2.35. The van der Waals surface area contributed by atoms with E-state index < -0.39 is 23.4 Å². The first kappa shape index (κ1) is 25.7. The van der Waals surface area contributed by atoms with Crippen LogP contribution in [0.3, 0.4) is 0 Å². The van der Waals surface area contributed by atoms with E-state index in [0.29, 0.717) is 16.8 Å². The SMILES string of the molecule is CN(C)CC(=O)N(C)c1ccc(C(=O)Nc2cc(F)c(F)cc2C(=O)Nc2ccc(Cl)cn2)cc1. The van der Waals surface area contributed by atoms with E-state index >= 15 is 0 Å². The number of rotatable bonds is 7. The molecule has 3 rings (SSSR count). The molecular formula is C24H22ClF2N5O3. The van der Waals surface area contributed by atoms with Gasteiger partial charge in [-0.2, -0.15) is 0 Å². The zero-order valence-corrected chi connectivity index (χ0v) is 19.9. The summed E-state index contributed by atoms with van der Waals surface area (Å²) >= 11 is 5.77. The molecule has 11 heteroatoms. The van der Waals surface area contributed by atoms with Gasteiger partial charge in [0.1, 0.15) is 5.82 Å². The fraction of sp³-hybridized carbons (Fsp3) is 0.167. The van der Waals surface area contributed by atoms with E-state index in [9.17, 15) is 23.2 Å². The van der Waals surface area contributed by atoms with Crippen LogP contribution in [0.2, 0.25) is 5.02 Å². The standard InChI is InChI=1S/C24H22ClF2N5O3/c1-31(2)13-22(33)32(3)16-7-4-14(5-8-16)23(34)29-20-11-19(27)18(26)10-17(20)24(35)30-21-9-6-15(25)12-28-21/h4-12H,13H2,1-3H3,(H,29,34)(H,28,30,35). The third kappa shape index (κ3) is 6.58. The van der Waals surface area contributed by atoms with Crippen LogP contribution in [0.5, 0.6) is 0 Å². The van der Waals surface area contributed by atoms with Crippen LogP contribution in [0.4, 0.5) is 26.0 Å². The number of pyridine rings is 1. The minimum atomic E-state index is -1.26. The third-order valence-electron chi connectivity index (χ3n) is 4.86. The molecule has 0 saturated carbocycles. The van der Waals surface area contributed by atoms with E-state index in [0.717, 1.165) is 6.07 Å². The number of nitrogens with zero attached hydrogens (tertiary/aromatic N) is 3. The van der Waals surface area contributed by atoms with Crippen LogP contribution in [0.1, 0.15) is 20.7 Å². The largest absolute Gasteiger partial charge is 0.321 e. The predicted molar refractivity (Wildman–Crippen MR) is 130 cm³/mol. The molecule has 8 nitrogen and oxygen atoms in total. The zero-order chi connectivity index (χ0) is 25.7. The van der Waals surface area contributed by atoms with Gasteiger partial charge in [0.2, 0.25) is 5.91 Å². The average molecular weight is 502 g/mol. The molecule has 0 bridgehead atoms. The van der Waals surface area contributed by atoms with Crippen molar-refractivity contribution >= 4 is 46.5 Å². The number of likely N-dealkylation sites (N-methyl/N-ethyl adjacent to an activating group) is 2. The normalized spacial score (nSPS) is 10.7. The van der Waals surface area contributed by atoms with Gasteiger partial charge in [0.05, 0.1) is 22.8 Å². The Balaban J connectivity index is 1.79. The summed E-state index contributed by atoms with van der Waals surface area (Å²) in [6.45, 7) is 0.214. The monoisotopic (exact) mass is 501 g/mol. The van der Waals surface area contributed by atoms with Crippen molar-refractivity contribution in [1.82, 2.24) is 9.88 Å². The number of hydrogen-bond donors (Lipinski definition) is 2. The van der Waals surface area contributed by atoms with Crippen LogP contribution >= 0.6 is 11.6 Å². The second kappa shape index (κ2) is 11.0. The fourth-order valence-corrected chi connectivity index (χ4v) is 3.13. The van der Waals surface area contributed by atoms with Crippen molar-refractivity contribution in [2.24, 2.45) is 0 Å². The van der Waals surface area contributed by atoms with Crippen LogP contribution < -0.4 is 15.5 Å². The minimum Gasteiger partial charge on any atom is -0.321 e. The molecule has 0 spiro atoms. The van der Waals surface area contributed by atoms with Gasteiger partial charge in [0.25, 0.3) is 11.8 Å². The maximum absolute atomic E-state index is 13.9. The second-order valence-electron chi connectivity index (χ2n) is 7.82. The third-order valence-corrected chi connectivity index (χ3v) is 5.09. The Hall–Kier alpha value is -3.89. The molecule has 0 unspecified atom stereocenters. The van der Waals surface area contributed by atoms with Gasteiger partial charge >= 0.3 is 0 Å². The molecule has 3 amide bonds. The number of nitrogens with one attached hydrogen (secondary N) is 2. The topological polar surface area (TPSA) is 94.6 Å². The first-order chi connectivity index (χ1) is 16.5. The maximum Gasteiger partial charge on any atom is 0.259 e. The Morgan fingerprint density at radius 2 is 1.57 bits per heavy atom. The van der Waals surface area contributed by atoms with Crippen molar-refractivity contribution in [2.45, 2.75) is 0 Å². The highest BCUT2D eigenvalue weighted by Crippen LogP contribution is 2.23. The second-order valence-corrected chi connectivity index (χ2v) is 8.26. The highest BCUT2D eigenvalue weighted by atomic mass is 35.5. The Morgan fingerprint density at radius 1 is 0.914 bits per heavy atom. The number of benzene rings is 2. The van der Waals surface area contributed by atoms with Crippen molar-refractivity contribution < 1.29 is 23.2 Å². The molecule has 0 fully saturated rings. The lowest BCUT2D eigenvalue weighted by molar-refractivity contribution is -0.118. The molecule has 0 aliphatic carbocycles. The molecule has 0 radical (unpaired) electrons. The Labute approximate surface area is 205 Å². The molecule has 0 aliphatic heterocycles. The van der Waals surface area contributed by atoms with E-state index in [4.69, 9.17) is 11.6 Å². The van der Waals surface area contributed by atoms with E-state index in [2.05, 4.69) is 15.6 Å². The van der Waals surface area contributed by atoms with Gasteiger partial charge in [0, 0.05) is 30.6 Å². The van der Waals surface area contributed by atoms with Gasteiger partial charge in [0.15, 0.2) is 11.6 Å². The van der Waals surface area contributed by atoms with Crippen molar-refractivity contribution in [3.8, 4) is 0 Å². The molecule has 3 aromatic rings. The highest BCUT2D eigenvalue weighted by molar-refractivity contribution is 6.30. The fourth-order valence-electron chi connectivity index (χ4n) is 3.02. The molecule has 1 heterocycles. The number of hydrogen-bond acceptors (Lipinski definition) is 5. The first-order valence-corrected chi connectivity index (χ1v) is 10.7. The van der Waals surface area contributed by atoms with Crippen molar-refractivity contribution in [1.29, 1.82) is 0 Å². The summed E-state index contributed by atoms with van der Waals surface area (Å²) in [6.07, 6.45) is 1.31. The number of amides is 3. The first-order valence-electron chi connectivity index (χ1n) is 10.3. The lowest BCUT2D eigenvalue weighted by Gasteiger charge is -2.20. The van der Waals surface area contributed by atoms with E-state index in [-0.39, 0.29) is 35.1 Å². The summed E-state index contributed by atoms with van der Waals surface area (Å²) in [5, 5.41) is 5.22. The smallest absolute Gasteiger partial charge is 0.259 e. The molecule has 0 aliphatic rings.